The summed E-state index contributed by atoms with van der Waals surface area (Å²) in [5.41, 5.74) is 0.0382. The molecule has 0 atom stereocenters. The first-order chi connectivity index (χ1) is 4.70. The molecule has 56 valence electrons. The summed E-state index contributed by atoms with van der Waals surface area (Å²) < 4.78 is 5.32. The molecule has 2 bridgehead atoms. The highest BCUT2D eigenvalue weighted by molar-refractivity contribution is 5.74. The van der Waals surface area contributed by atoms with Gasteiger partial charge in [0.25, 0.3) is 0 Å². The summed E-state index contributed by atoms with van der Waals surface area (Å²) in [5, 5.41) is 2.92. The van der Waals surface area contributed by atoms with Gasteiger partial charge in [-0.3, -0.25) is 4.79 Å². The molecule has 3 heteroatoms. The predicted octanol–water partition coefficient (Wildman–Crippen LogP) is 0.0539. The molecule has 2 saturated heterocycles. The molecule has 0 aromatic carbocycles. The Bertz CT molecular complexity index is 167. The van der Waals surface area contributed by atoms with E-state index < -0.39 is 0 Å². The topological polar surface area (TPSA) is 38.3 Å². The quantitative estimate of drug-likeness (QED) is 0.560. The van der Waals surface area contributed by atoms with E-state index in [1.807, 2.05) is 0 Å². The fourth-order valence-corrected chi connectivity index (χ4v) is 1.84. The summed E-state index contributed by atoms with van der Waals surface area (Å²) in [6.45, 7) is 2.28. The van der Waals surface area contributed by atoms with Crippen molar-refractivity contribution in [2.75, 3.05) is 6.61 Å². The second-order valence-electron chi connectivity index (χ2n) is 3.30. The Hall–Kier alpha value is -0.570. The van der Waals surface area contributed by atoms with Crippen LogP contribution in [0.15, 0.2) is 0 Å². The Morgan fingerprint density at radius 2 is 2.40 bits per heavy atom. The van der Waals surface area contributed by atoms with Gasteiger partial charge in [-0.05, 0) is 12.8 Å². The van der Waals surface area contributed by atoms with E-state index in [9.17, 15) is 4.79 Å². The first-order valence-electron chi connectivity index (χ1n) is 3.61. The first-order valence-corrected chi connectivity index (χ1v) is 3.61. The molecule has 2 aliphatic heterocycles. The maximum absolute atomic E-state index is 10.7. The molecule has 3 nitrogen and oxygen atoms in total. The minimum Gasteiger partial charge on any atom is -0.376 e. The lowest BCUT2D eigenvalue weighted by Crippen LogP contribution is -2.54. The van der Waals surface area contributed by atoms with E-state index in [0.29, 0.717) is 6.10 Å². The molecule has 10 heavy (non-hydrogen) atoms. The molecule has 3 rings (SSSR count). The maximum Gasteiger partial charge on any atom is 0.217 e. The van der Waals surface area contributed by atoms with Gasteiger partial charge in [0, 0.05) is 6.92 Å². The Morgan fingerprint density at radius 1 is 1.70 bits per heavy atom. The van der Waals surface area contributed by atoms with Crippen LogP contribution in [-0.2, 0) is 9.53 Å². The van der Waals surface area contributed by atoms with Gasteiger partial charge in [-0.25, -0.2) is 0 Å². The van der Waals surface area contributed by atoms with E-state index in [1.54, 1.807) is 6.92 Å². The summed E-state index contributed by atoms with van der Waals surface area (Å²) in [5.74, 6) is 0.0592. The van der Waals surface area contributed by atoms with Crippen molar-refractivity contribution in [2.45, 2.75) is 31.4 Å². The molecule has 1 N–H and O–H groups in total. The Morgan fingerprint density at radius 3 is 2.80 bits per heavy atom. The molecular weight excluding hydrogens is 130 g/mol. The summed E-state index contributed by atoms with van der Waals surface area (Å²) in [6.07, 6.45) is 2.48. The highest BCUT2D eigenvalue weighted by Gasteiger charge is 2.52. The van der Waals surface area contributed by atoms with E-state index in [0.717, 1.165) is 19.4 Å². The molecule has 0 aromatic heterocycles. The van der Waals surface area contributed by atoms with Crippen LogP contribution >= 0.6 is 0 Å². The third kappa shape index (κ3) is 0.736. The number of hydrogen-bond donors (Lipinski definition) is 1. The van der Waals surface area contributed by atoms with E-state index >= 15 is 0 Å². The zero-order valence-electron chi connectivity index (χ0n) is 6.02. The number of hydrogen-bond acceptors (Lipinski definition) is 2. The number of fused-ring (bicyclic) bond motifs is 1. The minimum absolute atomic E-state index is 0.0382. The zero-order chi connectivity index (χ0) is 7.19. The average molecular weight is 141 g/mol. The lowest BCUT2D eigenvalue weighted by atomic mass is 9.78. The van der Waals surface area contributed by atoms with Crippen molar-refractivity contribution < 1.29 is 9.53 Å². The largest absolute Gasteiger partial charge is 0.376 e. The highest BCUT2D eigenvalue weighted by Crippen LogP contribution is 2.41. The summed E-state index contributed by atoms with van der Waals surface area (Å²) in [6, 6.07) is 0. The van der Waals surface area contributed by atoms with E-state index in [1.165, 1.54) is 0 Å². The van der Waals surface area contributed by atoms with E-state index in [4.69, 9.17) is 4.74 Å². The van der Waals surface area contributed by atoms with Crippen molar-refractivity contribution in [1.82, 2.24) is 5.32 Å². The number of rotatable bonds is 1. The fraction of sp³-hybridized carbons (Fsp3) is 0.857. The van der Waals surface area contributed by atoms with Gasteiger partial charge in [0.15, 0.2) is 0 Å². The van der Waals surface area contributed by atoms with Crippen molar-refractivity contribution in [3.05, 3.63) is 0 Å². The average Bonchev–Trinajstić information content (AvgIpc) is 2.18. The Balaban J connectivity index is 1.98. The summed E-state index contributed by atoms with van der Waals surface area (Å²) in [4.78, 5) is 10.7. The normalized spacial score (nSPS) is 42.7. The van der Waals surface area contributed by atoms with Crippen molar-refractivity contribution >= 4 is 5.91 Å². The molecule has 0 radical (unpaired) electrons. The van der Waals surface area contributed by atoms with E-state index in [2.05, 4.69) is 5.32 Å². The van der Waals surface area contributed by atoms with Crippen LogP contribution in [0.25, 0.3) is 0 Å². The van der Waals surface area contributed by atoms with Crippen LogP contribution < -0.4 is 5.32 Å². The number of ether oxygens (including phenoxy) is 1. The highest BCUT2D eigenvalue weighted by atomic mass is 16.5. The van der Waals surface area contributed by atoms with Gasteiger partial charge in [-0.1, -0.05) is 0 Å². The molecule has 0 unspecified atom stereocenters. The molecular formula is C7H11NO2. The molecule has 0 spiro atoms. The van der Waals surface area contributed by atoms with Crippen molar-refractivity contribution in [2.24, 2.45) is 0 Å². The van der Waals surface area contributed by atoms with Gasteiger partial charge < -0.3 is 10.1 Å². The van der Waals surface area contributed by atoms with Crippen molar-refractivity contribution in [1.29, 1.82) is 0 Å². The Labute approximate surface area is 59.7 Å². The third-order valence-electron chi connectivity index (χ3n) is 2.27. The molecule has 0 aromatic rings. The zero-order valence-corrected chi connectivity index (χ0v) is 6.02. The summed E-state index contributed by atoms with van der Waals surface area (Å²) in [7, 11) is 0. The van der Waals surface area contributed by atoms with Gasteiger partial charge in [0.2, 0.25) is 5.91 Å². The third-order valence-corrected chi connectivity index (χ3v) is 2.27. The standard InChI is InChI=1S/C7H11NO2/c1-5(9)8-7-2-6(3-7)10-4-7/h6H,2-4H2,1H3,(H,8,9). The van der Waals surface area contributed by atoms with Gasteiger partial charge in [-0.2, -0.15) is 0 Å². The lowest BCUT2D eigenvalue weighted by molar-refractivity contribution is -0.121. The lowest BCUT2D eigenvalue weighted by Gasteiger charge is -2.35. The number of carbonyl (C=O) groups is 1. The van der Waals surface area contributed by atoms with Gasteiger partial charge in [0.1, 0.15) is 0 Å². The summed E-state index contributed by atoms with van der Waals surface area (Å²) >= 11 is 0. The SMILES string of the molecule is CC(=O)NC12COC(C1)C2. The van der Waals surface area contributed by atoms with Crippen LogP contribution in [0.5, 0.6) is 0 Å². The molecule has 2 heterocycles. The van der Waals surface area contributed by atoms with Crippen LogP contribution in [0.2, 0.25) is 0 Å². The van der Waals surface area contributed by atoms with E-state index in [-0.39, 0.29) is 11.4 Å². The number of nitrogens with one attached hydrogen (secondary N) is 1. The van der Waals surface area contributed by atoms with Gasteiger partial charge in [0.05, 0.1) is 18.2 Å². The predicted molar refractivity (Wildman–Crippen MR) is 35.5 cm³/mol. The second kappa shape index (κ2) is 1.72. The van der Waals surface area contributed by atoms with Crippen molar-refractivity contribution in [3.8, 4) is 0 Å². The smallest absolute Gasteiger partial charge is 0.217 e. The monoisotopic (exact) mass is 141 g/mol. The number of carbonyl (C=O) groups excluding carboxylic acids is 1. The molecule has 3 fully saturated rings. The molecule has 1 saturated carbocycles. The van der Waals surface area contributed by atoms with Gasteiger partial charge >= 0.3 is 0 Å². The fourth-order valence-electron chi connectivity index (χ4n) is 1.84. The van der Waals surface area contributed by atoms with Gasteiger partial charge in [-0.15, -0.1) is 0 Å². The second-order valence-corrected chi connectivity index (χ2v) is 3.30. The van der Waals surface area contributed by atoms with Crippen LogP contribution in [-0.4, -0.2) is 24.2 Å². The maximum atomic E-state index is 10.7. The van der Waals surface area contributed by atoms with Crippen molar-refractivity contribution in [3.63, 3.8) is 0 Å². The minimum atomic E-state index is 0.0382. The van der Waals surface area contributed by atoms with Crippen LogP contribution in [0, 0.1) is 0 Å². The Kier molecular flexibility index (Phi) is 1.06. The molecule has 3 aliphatic rings. The first kappa shape index (κ1) is 6.16. The van der Waals surface area contributed by atoms with Crippen LogP contribution in [0.4, 0.5) is 0 Å². The number of amides is 1. The van der Waals surface area contributed by atoms with Crippen LogP contribution in [0.3, 0.4) is 0 Å². The molecule has 1 amide bonds. The van der Waals surface area contributed by atoms with Crippen LogP contribution in [0.1, 0.15) is 19.8 Å². The molecule has 1 aliphatic carbocycles.